The van der Waals surface area contributed by atoms with Crippen molar-refractivity contribution < 1.29 is 18.0 Å². The van der Waals surface area contributed by atoms with Crippen LogP contribution in [0.15, 0.2) is 59.8 Å². The van der Waals surface area contributed by atoms with Crippen LogP contribution in [0, 0.1) is 0 Å². The van der Waals surface area contributed by atoms with Gasteiger partial charge in [0.25, 0.3) is 10.0 Å². The van der Waals surface area contributed by atoms with Gasteiger partial charge in [0.2, 0.25) is 5.78 Å². The van der Waals surface area contributed by atoms with Crippen molar-refractivity contribution in [1.82, 2.24) is 14.9 Å². The molecule has 0 saturated heterocycles. The lowest BCUT2D eigenvalue weighted by atomic mass is 9.89. The molecule has 0 unspecified atom stereocenters. The quantitative estimate of drug-likeness (QED) is 0.448. The number of pyridine rings is 1. The molecular formula is C21H13N3O4S. The minimum absolute atomic E-state index is 0.0340. The third-order valence-electron chi connectivity index (χ3n) is 5.48. The molecule has 0 radical (unpaired) electrons. The summed E-state index contributed by atoms with van der Waals surface area (Å²) in [5.41, 5.74) is 5.58. The van der Waals surface area contributed by atoms with Crippen molar-refractivity contribution in [2.75, 3.05) is 0 Å². The van der Waals surface area contributed by atoms with Crippen LogP contribution in [0.25, 0.3) is 22.0 Å². The van der Waals surface area contributed by atoms with Crippen LogP contribution in [0.2, 0.25) is 0 Å². The number of aromatic nitrogens is 2. The summed E-state index contributed by atoms with van der Waals surface area (Å²) in [5, 5.41) is 0.977. The Morgan fingerprint density at radius 2 is 1.86 bits per heavy atom. The fourth-order valence-corrected chi connectivity index (χ4v) is 5.00. The van der Waals surface area contributed by atoms with E-state index < -0.39 is 10.0 Å². The van der Waals surface area contributed by atoms with Gasteiger partial charge in [-0.15, -0.1) is 0 Å². The maximum Gasteiger partial charge on any atom is 0.275 e. The Balaban J connectivity index is 1.49. The molecule has 4 aromatic rings. The number of carbonyl (C=O) groups is 1. The SMILES string of the molecule is O=C1c2ccncc2Cc2c1[nH]c1cc(-c3ccc4c(c3)S(=O)(=O)NO4)ccc21. The van der Waals surface area contributed by atoms with Crippen LogP contribution in [0.1, 0.15) is 27.2 Å². The monoisotopic (exact) mass is 403 g/mol. The lowest BCUT2D eigenvalue weighted by molar-refractivity contribution is 0.103. The second-order valence-electron chi connectivity index (χ2n) is 7.13. The number of carbonyl (C=O) groups excluding carboxylic acids is 1. The molecular weight excluding hydrogens is 390 g/mol. The number of nitrogens with zero attached hydrogens (tertiary/aromatic N) is 1. The minimum atomic E-state index is -3.65. The van der Waals surface area contributed by atoms with Crippen LogP contribution >= 0.6 is 0 Å². The largest absolute Gasteiger partial charge is 0.392 e. The summed E-state index contributed by atoms with van der Waals surface area (Å²) in [7, 11) is -3.65. The molecule has 0 fully saturated rings. The number of ketones is 1. The van der Waals surface area contributed by atoms with Gasteiger partial charge in [0, 0.05) is 35.3 Å². The first-order valence-electron chi connectivity index (χ1n) is 8.96. The molecule has 142 valence electrons. The summed E-state index contributed by atoms with van der Waals surface area (Å²) in [6.45, 7) is 0. The number of benzene rings is 2. The van der Waals surface area contributed by atoms with E-state index in [1.54, 1.807) is 36.7 Å². The van der Waals surface area contributed by atoms with Crippen molar-refractivity contribution in [3.63, 3.8) is 0 Å². The van der Waals surface area contributed by atoms with E-state index in [9.17, 15) is 13.2 Å². The van der Waals surface area contributed by atoms with Crippen molar-refractivity contribution in [1.29, 1.82) is 0 Å². The zero-order valence-electron chi connectivity index (χ0n) is 14.9. The number of nitrogens with one attached hydrogen (secondary N) is 2. The highest BCUT2D eigenvalue weighted by Gasteiger charge is 2.29. The first kappa shape index (κ1) is 16.5. The number of H-pyrrole nitrogens is 1. The number of sulfonamides is 1. The maximum atomic E-state index is 12.9. The summed E-state index contributed by atoms with van der Waals surface area (Å²) >= 11 is 0. The van der Waals surface area contributed by atoms with Gasteiger partial charge in [-0.1, -0.05) is 18.2 Å². The van der Waals surface area contributed by atoms with Crippen LogP contribution in [0.3, 0.4) is 0 Å². The molecule has 0 bridgehead atoms. The first-order valence-corrected chi connectivity index (χ1v) is 10.4. The Kier molecular flexibility index (Phi) is 3.14. The van der Waals surface area contributed by atoms with Gasteiger partial charge < -0.3 is 9.82 Å². The van der Waals surface area contributed by atoms with E-state index in [1.807, 2.05) is 23.1 Å². The van der Waals surface area contributed by atoms with E-state index >= 15 is 0 Å². The van der Waals surface area contributed by atoms with Gasteiger partial charge >= 0.3 is 0 Å². The molecule has 6 rings (SSSR count). The molecule has 0 atom stereocenters. The third-order valence-corrected chi connectivity index (χ3v) is 6.68. The molecule has 2 N–H and O–H groups in total. The molecule has 8 heteroatoms. The highest BCUT2D eigenvalue weighted by atomic mass is 32.2. The van der Waals surface area contributed by atoms with Crippen LogP contribution in [-0.2, 0) is 16.4 Å². The Morgan fingerprint density at radius 3 is 2.76 bits per heavy atom. The predicted octanol–water partition coefficient (Wildman–Crippen LogP) is 2.95. The molecule has 3 heterocycles. The van der Waals surface area contributed by atoms with Crippen molar-refractivity contribution in [3.8, 4) is 16.9 Å². The second-order valence-corrected chi connectivity index (χ2v) is 8.74. The Bertz CT molecular complexity index is 1470. The van der Waals surface area contributed by atoms with Crippen molar-refractivity contribution in [2.24, 2.45) is 0 Å². The number of rotatable bonds is 1. The van der Waals surface area contributed by atoms with E-state index in [2.05, 4.69) is 9.97 Å². The fraction of sp³-hybridized carbons (Fsp3) is 0.0476. The van der Waals surface area contributed by atoms with E-state index in [-0.39, 0.29) is 16.4 Å². The van der Waals surface area contributed by atoms with Crippen LogP contribution in [-0.4, -0.2) is 24.2 Å². The highest BCUT2D eigenvalue weighted by Crippen LogP contribution is 2.36. The smallest absolute Gasteiger partial charge is 0.275 e. The number of hydrogen-bond acceptors (Lipinski definition) is 5. The lowest BCUT2D eigenvalue weighted by Crippen LogP contribution is -2.18. The normalized spacial score (nSPS) is 16.2. The van der Waals surface area contributed by atoms with Gasteiger partial charge in [-0.2, -0.15) is 0 Å². The standard InChI is InChI=1S/C21H13N3O4S/c25-21-14-5-6-22-10-13(14)7-16-15-3-1-11(8-17(15)23-20(16)21)12-2-4-18-19(9-12)29(26,27)24-28-18/h1-6,8-10,23-24H,7H2. The molecule has 1 aliphatic carbocycles. The lowest BCUT2D eigenvalue weighted by Gasteiger charge is -2.14. The van der Waals surface area contributed by atoms with Gasteiger partial charge in [-0.3, -0.25) is 9.78 Å². The molecule has 0 saturated carbocycles. The Morgan fingerprint density at radius 1 is 1.03 bits per heavy atom. The van der Waals surface area contributed by atoms with E-state index in [0.717, 1.165) is 33.2 Å². The number of aromatic amines is 1. The minimum Gasteiger partial charge on any atom is -0.392 e. The van der Waals surface area contributed by atoms with E-state index in [1.165, 1.54) is 0 Å². The summed E-state index contributed by atoms with van der Waals surface area (Å²) in [5.74, 6) is 0.246. The van der Waals surface area contributed by atoms with Crippen molar-refractivity contribution in [2.45, 2.75) is 11.3 Å². The molecule has 0 spiro atoms. The van der Waals surface area contributed by atoms with Crippen molar-refractivity contribution in [3.05, 3.63) is 77.2 Å². The average Bonchev–Trinajstić information content (AvgIpc) is 3.25. The van der Waals surface area contributed by atoms with Gasteiger partial charge in [0.1, 0.15) is 4.90 Å². The zero-order chi connectivity index (χ0) is 19.8. The van der Waals surface area contributed by atoms with E-state index in [0.29, 0.717) is 17.7 Å². The zero-order valence-corrected chi connectivity index (χ0v) is 15.7. The molecule has 2 aromatic heterocycles. The van der Waals surface area contributed by atoms with Gasteiger partial charge in [-0.05, 0) is 51.4 Å². The molecule has 0 amide bonds. The predicted molar refractivity (Wildman–Crippen MR) is 105 cm³/mol. The molecule has 2 aliphatic rings. The average molecular weight is 403 g/mol. The van der Waals surface area contributed by atoms with Crippen molar-refractivity contribution >= 4 is 26.7 Å². The molecule has 2 aromatic carbocycles. The Labute approximate surface area is 165 Å². The summed E-state index contributed by atoms with van der Waals surface area (Å²) in [6.07, 6.45) is 4.01. The van der Waals surface area contributed by atoms with Gasteiger partial charge in [-0.25, -0.2) is 8.42 Å². The fourth-order valence-electron chi connectivity index (χ4n) is 4.05. The first-order chi connectivity index (χ1) is 14.0. The second kappa shape index (κ2) is 5.53. The highest BCUT2D eigenvalue weighted by molar-refractivity contribution is 7.89. The summed E-state index contributed by atoms with van der Waals surface area (Å²) in [4.78, 5) is 27.4. The molecule has 1 aliphatic heterocycles. The third kappa shape index (κ3) is 2.30. The van der Waals surface area contributed by atoms with Crippen LogP contribution in [0.5, 0.6) is 5.75 Å². The summed E-state index contributed by atoms with van der Waals surface area (Å²) < 4.78 is 24.1. The van der Waals surface area contributed by atoms with Crippen LogP contribution in [0.4, 0.5) is 0 Å². The van der Waals surface area contributed by atoms with E-state index in [4.69, 9.17) is 4.84 Å². The summed E-state index contributed by atoms with van der Waals surface area (Å²) in [6, 6.07) is 12.6. The molecule has 29 heavy (non-hydrogen) atoms. The number of fused-ring (bicyclic) bond motifs is 5. The molecule has 7 nitrogen and oxygen atoms in total. The van der Waals surface area contributed by atoms with Gasteiger partial charge in [0.15, 0.2) is 5.75 Å². The number of hydrogen-bond donors (Lipinski definition) is 2. The maximum absolute atomic E-state index is 12.9. The van der Waals surface area contributed by atoms with Gasteiger partial charge in [0.05, 0.1) is 5.69 Å². The van der Waals surface area contributed by atoms with Crippen LogP contribution < -0.4 is 9.72 Å². The topological polar surface area (TPSA) is 101 Å². The Hall–Kier alpha value is -3.49.